The first-order valence-electron chi connectivity index (χ1n) is 7.00. The number of methoxy groups -OCH3 is 2. The van der Waals surface area contributed by atoms with Gasteiger partial charge >= 0.3 is 0 Å². The Kier molecular flexibility index (Phi) is 5.04. The van der Waals surface area contributed by atoms with Gasteiger partial charge in [0.25, 0.3) is 0 Å². The van der Waals surface area contributed by atoms with Gasteiger partial charge in [-0.15, -0.1) is 0 Å². The molecule has 0 aromatic heterocycles. The molecule has 2 rings (SSSR count). The van der Waals surface area contributed by atoms with E-state index >= 15 is 0 Å². The maximum atomic E-state index is 11.7. The lowest BCUT2D eigenvalue weighted by Gasteiger charge is -2.12. The summed E-state index contributed by atoms with van der Waals surface area (Å²) in [5.41, 5.74) is 2.57. The SMILES string of the molecule is COc1ccc(COc2ccc(C)cc2C(C)=O)cc1OC. The van der Waals surface area contributed by atoms with E-state index < -0.39 is 0 Å². The van der Waals surface area contributed by atoms with Crippen molar-refractivity contribution in [3.63, 3.8) is 0 Å². The van der Waals surface area contributed by atoms with E-state index in [1.54, 1.807) is 14.2 Å². The molecule has 116 valence electrons. The fourth-order valence-corrected chi connectivity index (χ4v) is 2.18. The molecule has 22 heavy (non-hydrogen) atoms. The molecular formula is C18H20O4. The maximum absolute atomic E-state index is 11.7. The van der Waals surface area contributed by atoms with Crippen molar-refractivity contribution in [3.8, 4) is 17.2 Å². The third-order valence-electron chi connectivity index (χ3n) is 3.36. The van der Waals surface area contributed by atoms with Crippen LogP contribution in [0.2, 0.25) is 0 Å². The highest BCUT2D eigenvalue weighted by molar-refractivity contribution is 5.97. The zero-order valence-electron chi connectivity index (χ0n) is 13.3. The molecule has 4 nitrogen and oxygen atoms in total. The number of carbonyl (C=O) groups is 1. The molecule has 0 aliphatic heterocycles. The van der Waals surface area contributed by atoms with E-state index in [0.29, 0.717) is 29.4 Å². The van der Waals surface area contributed by atoms with Crippen molar-refractivity contribution in [2.75, 3.05) is 14.2 Å². The van der Waals surface area contributed by atoms with Crippen LogP contribution in [0.5, 0.6) is 17.2 Å². The van der Waals surface area contributed by atoms with Crippen LogP contribution >= 0.6 is 0 Å². The summed E-state index contributed by atoms with van der Waals surface area (Å²) in [6.45, 7) is 3.84. The molecule has 0 heterocycles. The Morgan fingerprint density at radius 2 is 1.64 bits per heavy atom. The molecule has 0 N–H and O–H groups in total. The molecule has 0 saturated heterocycles. The van der Waals surface area contributed by atoms with E-state index in [0.717, 1.165) is 11.1 Å². The summed E-state index contributed by atoms with van der Waals surface area (Å²) >= 11 is 0. The Balaban J connectivity index is 2.18. The molecule has 2 aromatic carbocycles. The van der Waals surface area contributed by atoms with Gasteiger partial charge in [-0.25, -0.2) is 0 Å². The molecule has 0 atom stereocenters. The number of Topliss-reactive ketones (excluding diaryl/α,β-unsaturated/α-hetero) is 1. The molecule has 2 aromatic rings. The van der Waals surface area contributed by atoms with Crippen molar-refractivity contribution in [3.05, 3.63) is 53.1 Å². The number of hydrogen-bond acceptors (Lipinski definition) is 4. The normalized spacial score (nSPS) is 10.2. The van der Waals surface area contributed by atoms with Crippen molar-refractivity contribution in [1.29, 1.82) is 0 Å². The second-order valence-electron chi connectivity index (χ2n) is 5.03. The Morgan fingerprint density at radius 1 is 0.955 bits per heavy atom. The summed E-state index contributed by atoms with van der Waals surface area (Å²) in [6, 6.07) is 11.2. The molecule has 0 spiro atoms. The van der Waals surface area contributed by atoms with Crippen LogP contribution in [0.3, 0.4) is 0 Å². The van der Waals surface area contributed by atoms with Crippen molar-refractivity contribution < 1.29 is 19.0 Å². The minimum Gasteiger partial charge on any atom is -0.493 e. The topological polar surface area (TPSA) is 44.8 Å². The van der Waals surface area contributed by atoms with Crippen LogP contribution in [-0.4, -0.2) is 20.0 Å². The second-order valence-corrected chi connectivity index (χ2v) is 5.03. The van der Waals surface area contributed by atoms with Crippen LogP contribution in [0.4, 0.5) is 0 Å². The molecule has 0 aliphatic carbocycles. The number of carbonyl (C=O) groups excluding carboxylic acids is 1. The smallest absolute Gasteiger partial charge is 0.163 e. The Hall–Kier alpha value is -2.49. The second kappa shape index (κ2) is 6.98. The van der Waals surface area contributed by atoms with Crippen molar-refractivity contribution in [2.45, 2.75) is 20.5 Å². The maximum Gasteiger partial charge on any atom is 0.163 e. The van der Waals surface area contributed by atoms with Gasteiger partial charge in [-0.2, -0.15) is 0 Å². The average Bonchev–Trinajstić information content (AvgIpc) is 2.53. The third-order valence-corrected chi connectivity index (χ3v) is 3.36. The van der Waals surface area contributed by atoms with E-state index in [1.807, 2.05) is 43.3 Å². The zero-order valence-corrected chi connectivity index (χ0v) is 13.3. The number of rotatable bonds is 6. The van der Waals surface area contributed by atoms with Crippen LogP contribution < -0.4 is 14.2 Å². The average molecular weight is 300 g/mol. The lowest BCUT2D eigenvalue weighted by molar-refractivity contribution is 0.101. The fourth-order valence-electron chi connectivity index (χ4n) is 2.18. The van der Waals surface area contributed by atoms with Gasteiger partial charge in [0.2, 0.25) is 0 Å². The van der Waals surface area contributed by atoms with Crippen molar-refractivity contribution in [1.82, 2.24) is 0 Å². The van der Waals surface area contributed by atoms with Crippen LogP contribution in [-0.2, 0) is 6.61 Å². The van der Waals surface area contributed by atoms with E-state index in [4.69, 9.17) is 14.2 Å². The lowest BCUT2D eigenvalue weighted by Crippen LogP contribution is -2.02. The van der Waals surface area contributed by atoms with Gasteiger partial charge in [-0.05, 0) is 43.7 Å². The monoisotopic (exact) mass is 300 g/mol. The Labute approximate surface area is 130 Å². The van der Waals surface area contributed by atoms with E-state index in [1.165, 1.54) is 6.92 Å². The van der Waals surface area contributed by atoms with Gasteiger partial charge in [0.15, 0.2) is 17.3 Å². The van der Waals surface area contributed by atoms with Gasteiger partial charge in [0.05, 0.1) is 19.8 Å². The van der Waals surface area contributed by atoms with Gasteiger partial charge in [-0.1, -0.05) is 17.7 Å². The van der Waals surface area contributed by atoms with Crippen LogP contribution in [0.25, 0.3) is 0 Å². The number of ether oxygens (including phenoxy) is 3. The van der Waals surface area contributed by atoms with Gasteiger partial charge in [-0.3, -0.25) is 4.79 Å². The molecule has 0 radical (unpaired) electrons. The highest BCUT2D eigenvalue weighted by atomic mass is 16.5. The minimum atomic E-state index is -0.00832. The number of aryl methyl sites for hydroxylation is 1. The number of ketones is 1. The summed E-state index contributed by atoms with van der Waals surface area (Å²) in [5.74, 6) is 1.91. The minimum absolute atomic E-state index is 0.00832. The van der Waals surface area contributed by atoms with Gasteiger partial charge in [0.1, 0.15) is 12.4 Å². The summed E-state index contributed by atoms with van der Waals surface area (Å²) < 4.78 is 16.3. The van der Waals surface area contributed by atoms with Gasteiger partial charge < -0.3 is 14.2 Å². The molecule has 0 unspecified atom stereocenters. The summed E-state index contributed by atoms with van der Waals surface area (Å²) in [5, 5.41) is 0. The number of hydrogen-bond donors (Lipinski definition) is 0. The lowest BCUT2D eigenvalue weighted by atomic mass is 10.1. The quantitative estimate of drug-likeness (QED) is 0.761. The highest BCUT2D eigenvalue weighted by Gasteiger charge is 2.10. The van der Waals surface area contributed by atoms with Gasteiger partial charge in [0, 0.05) is 0 Å². The van der Waals surface area contributed by atoms with Crippen LogP contribution in [0.1, 0.15) is 28.4 Å². The van der Waals surface area contributed by atoms with E-state index in [2.05, 4.69) is 0 Å². The molecule has 4 heteroatoms. The molecule has 0 bridgehead atoms. The highest BCUT2D eigenvalue weighted by Crippen LogP contribution is 2.28. The Bertz CT molecular complexity index is 677. The zero-order chi connectivity index (χ0) is 16.1. The molecule has 0 aliphatic rings. The van der Waals surface area contributed by atoms with Crippen molar-refractivity contribution in [2.24, 2.45) is 0 Å². The van der Waals surface area contributed by atoms with E-state index in [-0.39, 0.29) is 5.78 Å². The summed E-state index contributed by atoms with van der Waals surface area (Å²) in [6.07, 6.45) is 0. The standard InChI is InChI=1S/C18H20O4/c1-12-5-7-16(15(9-12)13(2)19)22-11-14-6-8-17(20-3)18(10-14)21-4/h5-10H,11H2,1-4H3. The molecule has 0 fully saturated rings. The van der Waals surface area contributed by atoms with Crippen LogP contribution in [0, 0.1) is 6.92 Å². The Morgan fingerprint density at radius 3 is 2.27 bits per heavy atom. The fraction of sp³-hybridized carbons (Fsp3) is 0.278. The third kappa shape index (κ3) is 3.58. The summed E-state index contributed by atoms with van der Waals surface area (Å²) in [4.78, 5) is 11.7. The first kappa shape index (κ1) is 15.9. The first-order valence-corrected chi connectivity index (χ1v) is 7.00. The molecule has 0 saturated carbocycles. The van der Waals surface area contributed by atoms with Crippen LogP contribution in [0.15, 0.2) is 36.4 Å². The predicted octanol–water partition coefficient (Wildman–Crippen LogP) is 3.79. The first-order chi connectivity index (χ1) is 10.5. The van der Waals surface area contributed by atoms with Crippen molar-refractivity contribution >= 4 is 5.78 Å². The number of benzene rings is 2. The molecule has 0 amide bonds. The summed E-state index contributed by atoms with van der Waals surface area (Å²) in [7, 11) is 3.19. The predicted molar refractivity (Wildman–Crippen MR) is 85.1 cm³/mol. The van der Waals surface area contributed by atoms with E-state index in [9.17, 15) is 4.79 Å². The molecular weight excluding hydrogens is 280 g/mol. The largest absolute Gasteiger partial charge is 0.493 e.